The van der Waals surface area contributed by atoms with Crippen molar-refractivity contribution in [2.24, 2.45) is 0 Å². The lowest BCUT2D eigenvalue weighted by Gasteiger charge is -2.11. The molecule has 0 nitrogen and oxygen atoms in total. The van der Waals surface area contributed by atoms with Gasteiger partial charge in [0.1, 0.15) is 0 Å². The van der Waals surface area contributed by atoms with E-state index < -0.39 is 0 Å². The van der Waals surface area contributed by atoms with Crippen LogP contribution in [0.15, 0.2) is 48.5 Å². The van der Waals surface area contributed by atoms with Crippen molar-refractivity contribution in [3.63, 3.8) is 0 Å². The third-order valence-corrected chi connectivity index (χ3v) is 3.49. The molecule has 0 aliphatic carbocycles. The summed E-state index contributed by atoms with van der Waals surface area (Å²) in [6.45, 7) is 1.99. The lowest BCUT2D eigenvalue weighted by molar-refractivity contribution is 1.13. The van der Waals surface area contributed by atoms with Crippen molar-refractivity contribution >= 4 is 23.2 Å². The van der Waals surface area contributed by atoms with Crippen molar-refractivity contribution in [2.75, 3.05) is 0 Å². The largest absolute Gasteiger partial charge is 0.113 e. The van der Waals surface area contributed by atoms with Gasteiger partial charge in [0.15, 0.2) is 0 Å². The van der Waals surface area contributed by atoms with Crippen LogP contribution < -0.4 is 0 Å². The Morgan fingerprint density at radius 3 is 2.25 bits per heavy atom. The minimum absolute atomic E-state index is 0.114. The summed E-state index contributed by atoms with van der Waals surface area (Å²) in [5.74, 6) is 0. The molecule has 2 aromatic rings. The molecule has 0 saturated heterocycles. The average Bonchev–Trinajstić information content (AvgIpc) is 2.33. The van der Waals surface area contributed by atoms with Crippen LogP contribution in [0.5, 0.6) is 0 Å². The van der Waals surface area contributed by atoms with E-state index in [1.54, 1.807) is 0 Å². The van der Waals surface area contributed by atoms with E-state index in [9.17, 15) is 0 Å². The molecule has 0 aromatic heterocycles. The molecule has 2 aromatic carbocycles. The van der Waals surface area contributed by atoms with Crippen LogP contribution in [0.1, 0.15) is 22.1 Å². The average molecular weight is 251 g/mol. The molecule has 0 aliphatic rings. The zero-order chi connectivity index (χ0) is 11.5. The second-order valence-corrected chi connectivity index (χ2v) is 4.63. The van der Waals surface area contributed by atoms with Gasteiger partial charge in [-0.3, -0.25) is 0 Å². The number of aryl methyl sites for hydroxylation is 1. The summed E-state index contributed by atoms with van der Waals surface area (Å²) in [5.41, 5.74) is 3.24. The molecule has 0 aliphatic heterocycles. The van der Waals surface area contributed by atoms with E-state index in [1.807, 2.05) is 55.5 Å². The Kier molecular flexibility index (Phi) is 3.52. The van der Waals surface area contributed by atoms with Crippen molar-refractivity contribution in [1.82, 2.24) is 0 Å². The first-order valence-corrected chi connectivity index (χ1v) is 5.95. The highest BCUT2D eigenvalue weighted by molar-refractivity contribution is 6.31. The highest BCUT2D eigenvalue weighted by Crippen LogP contribution is 2.30. The summed E-state index contributed by atoms with van der Waals surface area (Å²) >= 11 is 12.4. The number of hydrogen-bond acceptors (Lipinski definition) is 0. The van der Waals surface area contributed by atoms with Crippen LogP contribution in [0, 0.1) is 6.92 Å². The van der Waals surface area contributed by atoms with Gasteiger partial charge in [-0.25, -0.2) is 0 Å². The molecule has 0 heterocycles. The Morgan fingerprint density at radius 2 is 1.62 bits per heavy atom. The maximum atomic E-state index is 6.41. The predicted octanol–water partition coefficient (Wildman–Crippen LogP) is 4.98. The molecule has 2 heteroatoms. The fourth-order valence-corrected chi connectivity index (χ4v) is 2.04. The molecule has 0 amide bonds. The summed E-state index contributed by atoms with van der Waals surface area (Å²) in [6, 6.07) is 15.9. The minimum atomic E-state index is -0.114. The van der Waals surface area contributed by atoms with Crippen molar-refractivity contribution < 1.29 is 0 Å². The first kappa shape index (κ1) is 11.5. The quantitative estimate of drug-likeness (QED) is 0.660. The molecule has 2 rings (SSSR count). The van der Waals surface area contributed by atoms with Crippen LogP contribution >= 0.6 is 23.2 Å². The van der Waals surface area contributed by atoms with Crippen molar-refractivity contribution in [3.05, 3.63) is 70.2 Å². The lowest BCUT2D eigenvalue weighted by Crippen LogP contribution is -1.93. The predicted molar refractivity (Wildman–Crippen MR) is 70.3 cm³/mol. The van der Waals surface area contributed by atoms with Crippen LogP contribution in [-0.2, 0) is 0 Å². The summed E-state index contributed by atoms with van der Waals surface area (Å²) in [6.07, 6.45) is 0. The molecule has 0 saturated carbocycles. The Balaban J connectivity index is 2.34. The summed E-state index contributed by atoms with van der Waals surface area (Å²) < 4.78 is 0. The van der Waals surface area contributed by atoms with Crippen molar-refractivity contribution in [1.29, 1.82) is 0 Å². The van der Waals surface area contributed by atoms with E-state index >= 15 is 0 Å². The molecule has 16 heavy (non-hydrogen) atoms. The summed E-state index contributed by atoms with van der Waals surface area (Å²) in [5, 5.41) is 0.665. The Labute approximate surface area is 106 Å². The van der Waals surface area contributed by atoms with Crippen molar-refractivity contribution in [2.45, 2.75) is 12.3 Å². The second kappa shape index (κ2) is 4.90. The SMILES string of the molecule is Cc1cc(C(Cl)c2ccccc2)ccc1Cl. The van der Waals surface area contributed by atoms with Gasteiger partial charge >= 0.3 is 0 Å². The number of benzene rings is 2. The van der Waals surface area contributed by atoms with E-state index in [4.69, 9.17) is 23.2 Å². The maximum absolute atomic E-state index is 6.41. The first-order chi connectivity index (χ1) is 7.68. The summed E-state index contributed by atoms with van der Waals surface area (Å²) in [4.78, 5) is 0. The van der Waals surface area contributed by atoms with E-state index in [2.05, 4.69) is 0 Å². The molecule has 0 radical (unpaired) electrons. The zero-order valence-corrected chi connectivity index (χ0v) is 10.5. The van der Waals surface area contributed by atoms with Crippen LogP contribution in [-0.4, -0.2) is 0 Å². The smallest absolute Gasteiger partial charge is 0.0835 e. The van der Waals surface area contributed by atoms with Gasteiger partial charge in [-0.05, 0) is 29.7 Å². The van der Waals surface area contributed by atoms with Gasteiger partial charge in [-0.2, -0.15) is 0 Å². The van der Waals surface area contributed by atoms with Crippen molar-refractivity contribution in [3.8, 4) is 0 Å². The fraction of sp³-hybridized carbons (Fsp3) is 0.143. The molecule has 1 unspecified atom stereocenters. The normalized spacial score (nSPS) is 12.4. The summed E-state index contributed by atoms with van der Waals surface area (Å²) in [7, 11) is 0. The van der Waals surface area contributed by atoms with Gasteiger partial charge < -0.3 is 0 Å². The van der Waals surface area contributed by atoms with E-state index in [1.165, 1.54) is 0 Å². The molecular weight excluding hydrogens is 239 g/mol. The van der Waals surface area contributed by atoms with Crippen LogP contribution in [0.25, 0.3) is 0 Å². The van der Waals surface area contributed by atoms with E-state index in [0.29, 0.717) is 0 Å². The third kappa shape index (κ3) is 2.40. The van der Waals surface area contributed by atoms with Gasteiger partial charge in [-0.1, -0.05) is 54.1 Å². The Hall–Kier alpha value is -0.980. The van der Waals surface area contributed by atoms with Crippen LogP contribution in [0.2, 0.25) is 5.02 Å². The second-order valence-electron chi connectivity index (χ2n) is 3.78. The van der Waals surface area contributed by atoms with E-state index in [0.717, 1.165) is 21.7 Å². The molecule has 1 atom stereocenters. The van der Waals surface area contributed by atoms with Gasteiger partial charge in [0.2, 0.25) is 0 Å². The highest BCUT2D eigenvalue weighted by Gasteiger charge is 2.10. The van der Waals surface area contributed by atoms with Gasteiger partial charge in [0.25, 0.3) is 0 Å². The van der Waals surface area contributed by atoms with Gasteiger partial charge in [0.05, 0.1) is 5.38 Å². The van der Waals surface area contributed by atoms with E-state index in [-0.39, 0.29) is 5.38 Å². The fourth-order valence-electron chi connectivity index (χ4n) is 1.64. The molecule has 0 N–H and O–H groups in total. The third-order valence-electron chi connectivity index (χ3n) is 2.57. The molecule has 82 valence electrons. The molecule has 0 spiro atoms. The molecular formula is C14H12Cl2. The highest BCUT2D eigenvalue weighted by atomic mass is 35.5. The zero-order valence-electron chi connectivity index (χ0n) is 8.95. The topological polar surface area (TPSA) is 0 Å². The van der Waals surface area contributed by atoms with Gasteiger partial charge in [-0.15, -0.1) is 11.6 Å². The first-order valence-electron chi connectivity index (χ1n) is 5.13. The number of rotatable bonds is 2. The molecule has 0 fully saturated rings. The standard InChI is InChI=1S/C14H12Cl2/c1-10-9-12(7-8-13(10)15)14(16)11-5-3-2-4-6-11/h2-9,14H,1H3. The number of hydrogen-bond donors (Lipinski definition) is 0. The Bertz CT molecular complexity index is 477. The maximum Gasteiger partial charge on any atom is 0.0835 e. The molecule has 0 bridgehead atoms. The van der Waals surface area contributed by atoms with Crippen LogP contribution in [0.3, 0.4) is 0 Å². The van der Waals surface area contributed by atoms with Gasteiger partial charge in [0, 0.05) is 5.02 Å². The van der Waals surface area contributed by atoms with Crippen LogP contribution in [0.4, 0.5) is 0 Å². The Morgan fingerprint density at radius 1 is 0.938 bits per heavy atom. The number of halogens is 2. The lowest BCUT2D eigenvalue weighted by atomic mass is 10.0. The monoisotopic (exact) mass is 250 g/mol. The number of alkyl halides is 1. The minimum Gasteiger partial charge on any atom is -0.113 e.